The lowest BCUT2D eigenvalue weighted by Crippen LogP contribution is -2.01. The molecule has 0 unspecified atom stereocenters. The van der Waals surface area contributed by atoms with E-state index in [0.717, 1.165) is 12.3 Å². The fourth-order valence-electron chi connectivity index (χ4n) is 0.300. The Morgan fingerprint density at radius 3 is 1.80 bits per heavy atom. The van der Waals surface area contributed by atoms with Gasteiger partial charge in [-0.05, 0) is 18.7 Å². The van der Waals surface area contributed by atoms with Crippen LogP contribution in [0.3, 0.4) is 0 Å². The monoisotopic (exact) mass is 90.0 g/mol. The normalized spacial score (nSPS) is 25.8. The van der Waals surface area contributed by atoms with Crippen molar-refractivity contribution in [1.82, 2.24) is 0 Å². The lowest BCUT2D eigenvalue weighted by Gasteiger charge is -2.17. The minimum absolute atomic E-state index is 0.418. The Labute approximate surface area is 32.8 Å². The molecule has 5 heavy (non-hydrogen) atoms. The second-order valence-corrected chi connectivity index (χ2v) is 3.21. The van der Waals surface area contributed by atoms with E-state index in [4.69, 9.17) is 4.89 Å². The van der Waals surface area contributed by atoms with Crippen molar-refractivity contribution in [1.29, 1.82) is 0 Å². The van der Waals surface area contributed by atoms with Crippen LogP contribution in [0.1, 0.15) is 6.42 Å². The highest BCUT2D eigenvalue weighted by Gasteiger charge is 2.11. The summed E-state index contributed by atoms with van der Waals surface area (Å²) in [6, 6.07) is 0. The lowest BCUT2D eigenvalue weighted by atomic mass is 10.5. The van der Waals surface area contributed by atoms with Gasteiger partial charge in [0.15, 0.2) is 0 Å². The standard InChI is InChI=1S/C3H7OP/c4-5-2-1-3-5/h4H,1-3H2. The van der Waals surface area contributed by atoms with Gasteiger partial charge in [-0.1, -0.05) is 0 Å². The van der Waals surface area contributed by atoms with E-state index < -0.39 is 8.15 Å². The predicted molar refractivity (Wildman–Crippen MR) is 23.5 cm³/mol. The second kappa shape index (κ2) is 1.24. The topological polar surface area (TPSA) is 20.2 Å². The largest absolute Gasteiger partial charge is 0.374 e. The molecule has 1 nitrogen and oxygen atoms in total. The van der Waals surface area contributed by atoms with E-state index in [0.29, 0.717) is 0 Å². The van der Waals surface area contributed by atoms with Crippen LogP contribution in [0.25, 0.3) is 0 Å². The third-order valence-corrected chi connectivity index (χ3v) is 2.50. The van der Waals surface area contributed by atoms with Crippen LogP contribution in [0, 0.1) is 0 Å². The van der Waals surface area contributed by atoms with Crippen molar-refractivity contribution in [3.8, 4) is 0 Å². The van der Waals surface area contributed by atoms with E-state index in [1.165, 1.54) is 6.42 Å². The third kappa shape index (κ3) is 0.614. The summed E-state index contributed by atoms with van der Waals surface area (Å²) in [4.78, 5) is 8.51. The molecule has 2 heteroatoms. The average Bonchev–Trinajstić information content (AvgIpc) is 1.30. The lowest BCUT2D eigenvalue weighted by molar-refractivity contribution is 0.602. The summed E-state index contributed by atoms with van der Waals surface area (Å²) in [5.74, 6) is 0. The molecule has 0 aromatic rings. The van der Waals surface area contributed by atoms with Crippen molar-refractivity contribution in [3.05, 3.63) is 0 Å². The zero-order valence-electron chi connectivity index (χ0n) is 3.02. The Kier molecular flexibility index (Phi) is 0.884. The van der Waals surface area contributed by atoms with Crippen LogP contribution in [0.15, 0.2) is 0 Å². The first-order valence-electron chi connectivity index (χ1n) is 1.83. The van der Waals surface area contributed by atoms with Crippen molar-refractivity contribution in [3.63, 3.8) is 0 Å². The first-order chi connectivity index (χ1) is 2.39. The summed E-state index contributed by atoms with van der Waals surface area (Å²) in [6.07, 6.45) is 3.48. The molecule has 1 saturated heterocycles. The van der Waals surface area contributed by atoms with Crippen molar-refractivity contribution < 1.29 is 4.89 Å². The molecule has 1 rings (SSSR count). The van der Waals surface area contributed by atoms with Gasteiger partial charge in [-0.25, -0.2) is 0 Å². The number of rotatable bonds is 0. The molecule has 0 aliphatic carbocycles. The highest BCUT2D eigenvalue weighted by molar-refractivity contribution is 7.53. The first kappa shape index (κ1) is 3.58. The van der Waals surface area contributed by atoms with Crippen molar-refractivity contribution >= 4 is 8.15 Å². The minimum Gasteiger partial charge on any atom is -0.374 e. The molecule has 1 fully saturated rings. The van der Waals surface area contributed by atoms with Gasteiger partial charge in [0.05, 0.1) is 0 Å². The molecule has 1 heterocycles. The van der Waals surface area contributed by atoms with E-state index in [9.17, 15) is 0 Å². The van der Waals surface area contributed by atoms with Crippen LogP contribution < -0.4 is 0 Å². The van der Waals surface area contributed by atoms with Crippen LogP contribution in [0.2, 0.25) is 0 Å². The van der Waals surface area contributed by atoms with E-state index >= 15 is 0 Å². The number of hydrogen-bond donors (Lipinski definition) is 1. The van der Waals surface area contributed by atoms with Crippen LogP contribution in [0.5, 0.6) is 0 Å². The number of hydrogen-bond acceptors (Lipinski definition) is 1. The maximum atomic E-state index is 8.51. The van der Waals surface area contributed by atoms with Gasteiger partial charge < -0.3 is 4.89 Å². The molecule has 0 bridgehead atoms. The third-order valence-electron chi connectivity index (χ3n) is 0.832. The van der Waals surface area contributed by atoms with E-state index in [-0.39, 0.29) is 0 Å². The average molecular weight is 90.1 g/mol. The summed E-state index contributed by atoms with van der Waals surface area (Å²) in [5.41, 5.74) is 0. The van der Waals surface area contributed by atoms with E-state index in [2.05, 4.69) is 0 Å². The Bertz CT molecular complexity index is 33.9. The minimum atomic E-state index is -0.418. The molecule has 0 radical (unpaired) electrons. The van der Waals surface area contributed by atoms with Crippen LogP contribution in [-0.4, -0.2) is 17.2 Å². The summed E-state index contributed by atoms with van der Waals surface area (Å²) < 4.78 is 0. The SMILES string of the molecule is OP1CCC1. The fourth-order valence-corrected chi connectivity index (χ4v) is 0.899. The highest BCUT2D eigenvalue weighted by atomic mass is 31.1. The zero-order valence-corrected chi connectivity index (χ0v) is 3.91. The Morgan fingerprint density at radius 2 is 1.80 bits per heavy atom. The van der Waals surface area contributed by atoms with Gasteiger partial charge in [-0.3, -0.25) is 0 Å². The zero-order chi connectivity index (χ0) is 3.70. The first-order valence-corrected chi connectivity index (χ1v) is 3.50. The quantitative estimate of drug-likeness (QED) is 0.436. The van der Waals surface area contributed by atoms with Gasteiger partial charge >= 0.3 is 0 Å². The molecule has 0 saturated carbocycles. The molecule has 1 aliphatic heterocycles. The molecule has 0 aromatic carbocycles. The van der Waals surface area contributed by atoms with Gasteiger partial charge in [0.1, 0.15) is 0 Å². The van der Waals surface area contributed by atoms with Gasteiger partial charge in [0, 0.05) is 8.15 Å². The van der Waals surface area contributed by atoms with Crippen LogP contribution in [0.4, 0.5) is 0 Å². The van der Waals surface area contributed by atoms with Gasteiger partial charge in [0.2, 0.25) is 0 Å². The predicted octanol–water partition coefficient (Wildman–Crippen LogP) is 0.779. The second-order valence-electron chi connectivity index (χ2n) is 1.31. The molecule has 0 spiro atoms. The Morgan fingerprint density at radius 1 is 1.40 bits per heavy atom. The van der Waals surface area contributed by atoms with Gasteiger partial charge in [0.25, 0.3) is 0 Å². The van der Waals surface area contributed by atoms with Gasteiger partial charge in [-0.15, -0.1) is 0 Å². The maximum absolute atomic E-state index is 8.51. The smallest absolute Gasteiger partial charge is 0.0251 e. The van der Waals surface area contributed by atoms with E-state index in [1.54, 1.807) is 0 Å². The van der Waals surface area contributed by atoms with Crippen molar-refractivity contribution in [2.75, 3.05) is 12.3 Å². The summed E-state index contributed by atoms with van der Waals surface area (Å²) >= 11 is 0. The summed E-state index contributed by atoms with van der Waals surface area (Å²) in [5, 5.41) is 0. The molecule has 1 aliphatic rings. The molecule has 30 valence electrons. The summed E-state index contributed by atoms with van der Waals surface area (Å²) in [6.45, 7) is 0. The molecule has 0 aromatic heterocycles. The van der Waals surface area contributed by atoms with Gasteiger partial charge in [-0.2, -0.15) is 0 Å². The van der Waals surface area contributed by atoms with Crippen molar-refractivity contribution in [2.24, 2.45) is 0 Å². The van der Waals surface area contributed by atoms with Crippen LogP contribution >= 0.6 is 8.15 Å². The maximum Gasteiger partial charge on any atom is 0.0251 e. The molecule has 0 amide bonds. The van der Waals surface area contributed by atoms with E-state index in [1.807, 2.05) is 0 Å². The Hall–Kier alpha value is 0.390. The Balaban J connectivity index is 2.08. The molecule has 0 atom stereocenters. The molecular formula is C3H7OP. The van der Waals surface area contributed by atoms with Crippen molar-refractivity contribution in [2.45, 2.75) is 6.42 Å². The molecular weight excluding hydrogens is 83.0 g/mol. The fraction of sp³-hybridized carbons (Fsp3) is 1.00. The highest BCUT2D eigenvalue weighted by Crippen LogP contribution is 2.40. The van der Waals surface area contributed by atoms with Crippen LogP contribution in [-0.2, 0) is 0 Å². The molecule has 1 N–H and O–H groups in total. The summed E-state index contributed by atoms with van der Waals surface area (Å²) in [7, 11) is -0.418.